The van der Waals surface area contributed by atoms with Crippen LogP contribution in [0.25, 0.3) is 0 Å². The molecule has 87 heavy (non-hydrogen) atoms. The fourth-order valence-corrected chi connectivity index (χ4v) is 10.2. The highest BCUT2D eigenvalue weighted by Crippen LogP contribution is 2.23. The second-order valence-corrected chi connectivity index (χ2v) is 23.9. The number of amides is 10. The molecule has 1 fully saturated rings. The fraction of sp³-hybridized carbons (Fsp3) is 0.617. The van der Waals surface area contributed by atoms with Crippen molar-refractivity contribution < 1.29 is 72.5 Å². The fourth-order valence-electron chi connectivity index (χ4n) is 10.2. The van der Waals surface area contributed by atoms with E-state index in [4.69, 9.17) is 0 Å². The van der Waals surface area contributed by atoms with Crippen molar-refractivity contribution in [1.82, 2.24) is 62.6 Å². The molecular formula is C60H90N12O15. The van der Waals surface area contributed by atoms with Gasteiger partial charge in [0.1, 0.15) is 54.4 Å². The van der Waals surface area contributed by atoms with Gasteiger partial charge < -0.3 is 72.8 Å². The maximum Gasteiger partial charge on any atom is 0.326 e. The van der Waals surface area contributed by atoms with Crippen LogP contribution in [-0.4, -0.2) is 202 Å². The number of likely N-dealkylation sites (tertiary alicyclic amines) is 1. The summed E-state index contributed by atoms with van der Waals surface area (Å²) in [5, 5.41) is 43.4. The van der Waals surface area contributed by atoms with E-state index in [-0.39, 0.29) is 81.2 Å². The number of benzene rings is 1. The molecule has 10 atom stereocenters. The number of aliphatic hydroxyl groups is 1. The summed E-state index contributed by atoms with van der Waals surface area (Å²) in [6.07, 6.45) is 4.41. The van der Waals surface area contributed by atoms with Gasteiger partial charge in [0.05, 0.1) is 39.3 Å². The zero-order chi connectivity index (χ0) is 65.0. The number of carbonyl (C=O) groups excluding carboxylic acids is 12. The third-order valence-corrected chi connectivity index (χ3v) is 15.0. The lowest BCUT2D eigenvalue weighted by Crippen LogP contribution is -2.58. The lowest BCUT2D eigenvalue weighted by molar-refractivity contribution is -0.143. The van der Waals surface area contributed by atoms with Gasteiger partial charge in [-0.15, -0.1) is 0 Å². The van der Waals surface area contributed by atoms with E-state index in [1.807, 2.05) is 41.5 Å². The van der Waals surface area contributed by atoms with Crippen LogP contribution >= 0.6 is 0 Å². The first kappa shape index (κ1) is 71.3. The van der Waals surface area contributed by atoms with E-state index in [2.05, 4.69) is 47.9 Å². The first-order valence-corrected chi connectivity index (χ1v) is 29.7. The van der Waals surface area contributed by atoms with E-state index in [0.29, 0.717) is 30.5 Å². The van der Waals surface area contributed by atoms with Gasteiger partial charge in [-0.2, -0.15) is 0 Å². The van der Waals surface area contributed by atoms with Crippen LogP contribution in [0.15, 0.2) is 53.9 Å². The van der Waals surface area contributed by atoms with Crippen molar-refractivity contribution in [3.63, 3.8) is 0 Å². The average molecular weight is 1220 g/mol. The Hall–Kier alpha value is -8.23. The maximum absolute atomic E-state index is 14.5. The summed E-state index contributed by atoms with van der Waals surface area (Å²) in [4.78, 5) is 177. The Labute approximate surface area is 508 Å². The van der Waals surface area contributed by atoms with Crippen LogP contribution in [0, 0.1) is 23.7 Å². The summed E-state index contributed by atoms with van der Waals surface area (Å²) in [6.45, 7) is 16.4. The molecule has 0 aromatic heterocycles. The minimum atomic E-state index is -1.61. The van der Waals surface area contributed by atoms with Gasteiger partial charge >= 0.3 is 5.97 Å². The Morgan fingerprint density at radius 2 is 1.16 bits per heavy atom. The van der Waals surface area contributed by atoms with Gasteiger partial charge in [-0.1, -0.05) is 92.1 Å². The van der Waals surface area contributed by atoms with Gasteiger partial charge in [0, 0.05) is 43.4 Å². The molecule has 4 rings (SSSR count). The summed E-state index contributed by atoms with van der Waals surface area (Å²) in [5.74, 6) is -9.63. The molecule has 1 aromatic carbocycles. The largest absolute Gasteiger partial charge is 0.480 e. The Bertz CT molecular complexity index is 2750. The predicted octanol–water partition coefficient (Wildman–Crippen LogP) is -1.32. The van der Waals surface area contributed by atoms with E-state index in [0.717, 1.165) is 0 Å². The number of carboxylic acids is 1. The highest BCUT2D eigenvalue weighted by atomic mass is 16.4. The van der Waals surface area contributed by atoms with Gasteiger partial charge in [0.2, 0.25) is 59.1 Å². The van der Waals surface area contributed by atoms with Crippen LogP contribution in [-0.2, 0) is 68.7 Å². The molecular weight excluding hydrogens is 1130 g/mol. The number of hydrogen-bond acceptors (Lipinski definition) is 16. The summed E-state index contributed by atoms with van der Waals surface area (Å²) in [6, 6.07) is -1.89. The van der Waals surface area contributed by atoms with Gasteiger partial charge in [-0.25, -0.2) is 4.79 Å². The third kappa shape index (κ3) is 21.9. The zero-order valence-electron chi connectivity index (χ0n) is 51.8. The molecule has 0 unspecified atom stereocenters. The SMILES string of the molecule is CC[C@H](C)[C@H](NC1=CC(=O)CN(C(=O)[C@H](CC(C)C)NC(C)=O)C1)C(=O)N1CC(=O)C=C(N[C@@H](CC(C)C)C(=O)N2CCC[C@@H]2C(=O)N[C@@H](C)C(=O)N[C@@H](CO)C(=O)NCC(=O)N[C@@H](Cc2ccccc2)C(=O)N[C@@H](C)C(=O)N[C@H](C(=O)O)C(C)C)C1. The van der Waals surface area contributed by atoms with Crippen LogP contribution in [0.4, 0.5) is 0 Å². The number of nitrogens with one attached hydrogen (secondary N) is 9. The van der Waals surface area contributed by atoms with Crippen molar-refractivity contribution in [2.75, 3.05) is 45.9 Å². The van der Waals surface area contributed by atoms with E-state index in [1.54, 1.807) is 44.2 Å². The molecule has 1 saturated heterocycles. The summed E-state index contributed by atoms with van der Waals surface area (Å²) in [5.41, 5.74) is 1.22. The van der Waals surface area contributed by atoms with Gasteiger partial charge in [-0.05, 0) is 68.8 Å². The molecule has 3 heterocycles. The molecule has 27 nitrogen and oxygen atoms in total. The van der Waals surface area contributed by atoms with E-state index in [1.165, 1.54) is 47.6 Å². The van der Waals surface area contributed by atoms with Gasteiger partial charge in [0.15, 0.2) is 11.6 Å². The van der Waals surface area contributed by atoms with Crippen molar-refractivity contribution in [3.05, 3.63) is 59.4 Å². The van der Waals surface area contributed by atoms with E-state index in [9.17, 15) is 72.5 Å². The molecule has 0 spiro atoms. The quantitative estimate of drug-likeness (QED) is 0.0411. The Morgan fingerprint density at radius 3 is 1.71 bits per heavy atom. The van der Waals surface area contributed by atoms with Crippen molar-refractivity contribution in [2.45, 2.75) is 169 Å². The monoisotopic (exact) mass is 1220 g/mol. The van der Waals surface area contributed by atoms with E-state index >= 15 is 0 Å². The van der Waals surface area contributed by atoms with Crippen LogP contribution in [0.5, 0.6) is 0 Å². The molecule has 1 aromatic rings. The second kappa shape index (κ2) is 33.6. The normalized spacial score (nSPS) is 18.3. The molecule has 0 radical (unpaired) electrons. The predicted molar refractivity (Wildman–Crippen MR) is 318 cm³/mol. The highest BCUT2D eigenvalue weighted by molar-refractivity contribution is 6.00. The topological polar surface area (TPSA) is 380 Å². The second-order valence-electron chi connectivity index (χ2n) is 23.9. The van der Waals surface area contributed by atoms with Crippen molar-refractivity contribution >= 4 is 76.6 Å². The zero-order valence-corrected chi connectivity index (χ0v) is 51.8. The summed E-state index contributed by atoms with van der Waals surface area (Å²) >= 11 is 0. The summed E-state index contributed by atoms with van der Waals surface area (Å²) < 4.78 is 0. The standard InChI is InChI=1S/C60H90N12O15/c1-12-35(8)51(66-41-25-43(76)29-70(28-41)57(83)45(21-32(2)3)64-38(11)74)59(85)71-27-40(24-42(75)30-71)65-46(22-33(4)5)58(84)72-20-16-19-48(72)56(82)63-36(9)52(78)68-47(31-73)54(80)61-26-49(77)67-44(23-39-17-14-13-15-18-39)55(81)62-37(10)53(79)69-50(34(6)7)60(86)87/h13-15,17-18,24-25,32-37,44-48,50-51,65-66,73H,12,16,19-23,26-31H2,1-11H3,(H,61,80)(H,62,81)(H,63,82)(H,64,74)(H,67,77)(H,68,78)(H,69,79)(H,86,87)/t35-,36-,37-,44-,45-,46-,47-,48+,50-,51-/m0/s1. The first-order valence-electron chi connectivity index (χ1n) is 29.7. The molecule has 0 bridgehead atoms. The molecule has 3 aliphatic heterocycles. The minimum absolute atomic E-state index is 0.0334. The number of hydrogen-bond donors (Lipinski definition) is 11. The summed E-state index contributed by atoms with van der Waals surface area (Å²) in [7, 11) is 0. The van der Waals surface area contributed by atoms with Crippen molar-refractivity contribution in [1.29, 1.82) is 0 Å². The smallest absolute Gasteiger partial charge is 0.326 e. The van der Waals surface area contributed by atoms with Gasteiger partial charge in [-0.3, -0.25) is 57.5 Å². The maximum atomic E-state index is 14.5. The number of aliphatic hydroxyl groups excluding tert-OH is 1. The Kier molecular flexibility index (Phi) is 27.5. The lowest BCUT2D eigenvalue weighted by Gasteiger charge is -2.37. The Morgan fingerprint density at radius 1 is 0.598 bits per heavy atom. The molecule has 0 saturated carbocycles. The number of rotatable bonds is 31. The average Bonchev–Trinajstić information content (AvgIpc) is 2.98. The molecule has 480 valence electrons. The van der Waals surface area contributed by atoms with Crippen LogP contribution in [0.1, 0.15) is 114 Å². The number of carbonyl (C=O) groups is 13. The number of aliphatic carboxylic acids is 1. The number of ketones is 2. The molecule has 3 aliphatic rings. The van der Waals surface area contributed by atoms with Crippen LogP contribution in [0.2, 0.25) is 0 Å². The van der Waals surface area contributed by atoms with Crippen LogP contribution < -0.4 is 47.9 Å². The Balaban J connectivity index is 1.37. The van der Waals surface area contributed by atoms with E-state index < -0.39 is 144 Å². The van der Waals surface area contributed by atoms with Crippen molar-refractivity contribution in [2.24, 2.45) is 23.7 Å². The number of carboxylic acid groups (broad SMARTS) is 1. The third-order valence-electron chi connectivity index (χ3n) is 15.0. The van der Waals surface area contributed by atoms with Crippen LogP contribution in [0.3, 0.4) is 0 Å². The molecule has 10 amide bonds. The molecule has 11 N–H and O–H groups in total. The first-order chi connectivity index (χ1) is 40.9. The van der Waals surface area contributed by atoms with Crippen molar-refractivity contribution in [3.8, 4) is 0 Å². The minimum Gasteiger partial charge on any atom is -0.480 e. The number of nitrogens with zero attached hydrogens (tertiary/aromatic N) is 3. The highest BCUT2D eigenvalue weighted by Gasteiger charge is 2.41. The lowest BCUT2D eigenvalue weighted by atomic mass is 9.96. The molecule has 27 heteroatoms. The van der Waals surface area contributed by atoms with Gasteiger partial charge in [0.25, 0.3) is 0 Å². The molecule has 0 aliphatic carbocycles.